The van der Waals surface area contributed by atoms with Crippen molar-refractivity contribution in [1.82, 2.24) is 0 Å². The zero-order valence-electron chi connectivity index (χ0n) is 21.6. The average molecular weight is 483 g/mol. The lowest BCUT2D eigenvalue weighted by molar-refractivity contribution is 0.126. The highest BCUT2D eigenvalue weighted by molar-refractivity contribution is 6.30. The third-order valence-corrected chi connectivity index (χ3v) is 7.06. The lowest BCUT2D eigenvalue weighted by atomic mass is 9.75. The monoisotopic (exact) mass is 482 g/mol. The van der Waals surface area contributed by atoms with Crippen LogP contribution in [0.15, 0.2) is 97.1 Å². The van der Waals surface area contributed by atoms with Crippen molar-refractivity contribution < 1.29 is 5.11 Å². The fraction of sp³-hybridized carbons (Fsp3) is 0.273. The van der Waals surface area contributed by atoms with Gasteiger partial charge in [-0.15, -0.1) is 0 Å². The highest BCUT2D eigenvalue weighted by atomic mass is 35.5. The lowest BCUT2D eigenvalue weighted by Crippen LogP contribution is -2.30. The van der Waals surface area contributed by atoms with Gasteiger partial charge in [-0.05, 0) is 56.3 Å². The van der Waals surface area contributed by atoms with Crippen molar-refractivity contribution in [3.63, 3.8) is 0 Å². The standard InChI is InChI=1S/C33H35ClO/c1-31(2,3)24-13-17-26(18-14-24)33(35,27-19-15-25(16-20-27)32(4,5)6)30-10-8-7-9-29(30)23-11-21-28(34)22-12-23/h7-22,35H,1-6H3. The number of aliphatic hydroxyl groups is 1. The van der Waals surface area contributed by atoms with Crippen molar-refractivity contribution in [2.45, 2.75) is 58.0 Å². The van der Waals surface area contributed by atoms with E-state index in [2.05, 4.69) is 96.1 Å². The van der Waals surface area contributed by atoms with Gasteiger partial charge in [-0.25, -0.2) is 0 Å². The molecule has 0 heterocycles. The quantitative estimate of drug-likeness (QED) is 0.288. The lowest BCUT2D eigenvalue weighted by Gasteiger charge is -2.33. The third kappa shape index (κ3) is 5.08. The van der Waals surface area contributed by atoms with Crippen LogP contribution in [-0.2, 0) is 16.4 Å². The number of hydrogen-bond donors (Lipinski definition) is 1. The van der Waals surface area contributed by atoms with E-state index < -0.39 is 5.60 Å². The maximum Gasteiger partial charge on any atom is 0.141 e. The number of rotatable bonds is 4. The molecule has 1 nitrogen and oxygen atoms in total. The van der Waals surface area contributed by atoms with Gasteiger partial charge in [-0.3, -0.25) is 0 Å². The van der Waals surface area contributed by atoms with Crippen LogP contribution in [0.2, 0.25) is 5.02 Å². The first-order valence-electron chi connectivity index (χ1n) is 12.2. The summed E-state index contributed by atoms with van der Waals surface area (Å²) in [6.07, 6.45) is 0. The molecule has 0 atom stereocenters. The fourth-order valence-corrected chi connectivity index (χ4v) is 4.71. The maximum absolute atomic E-state index is 12.7. The van der Waals surface area contributed by atoms with Crippen molar-refractivity contribution in [3.05, 3.63) is 130 Å². The van der Waals surface area contributed by atoms with Crippen molar-refractivity contribution in [2.75, 3.05) is 0 Å². The molecule has 1 N–H and O–H groups in total. The Hall–Kier alpha value is -2.87. The summed E-state index contributed by atoms with van der Waals surface area (Å²) >= 11 is 6.17. The summed E-state index contributed by atoms with van der Waals surface area (Å²) in [4.78, 5) is 0. The summed E-state index contributed by atoms with van der Waals surface area (Å²) < 4.78 is 0. The van der Waals surface area contributed by atoms with Crippen molar-refractivity contribution in [2.24, 2.45) is 0 Å². The molecular weight excluding hydrogens is 448 g/mol. The molecule has 35 heavy (non-hydrogen) atoms. The van der Waals surface area contributed by atoms with Gasteiger partial charge in [-0.2, -0.15) is 0 Å². The highest BCUT2D eigenvalue weighted by Crippen LogP contribution is 2.42. The van der Waals surface area contributed by atoms with Crippen molar-refractivity contribution in [3.8, 4) is 11.1 Å². The van der Waals surface area contributed by atoms with Gasteiger partial charge in [0.15, 0.2) is 0 Å². The van der Waals surface area contributed by atoms with Crippen LogP contribution in [0, 0.1) is 0 Å². The molecule has 4 aromatic rings. The van der Waals surface area contributed by atoms with E-state index >= 15 is 0 Å². The molecule has 180 valence electrons. The molecule has 0 aromatic heterocycles. The van der Waals surface area contributed by atoms with E-state index in [0.29, 0.717) is 5.02 Å². The number of benzene rings is 4. The second-order valence-electron chi connectivity index (χ2n) is 11.4. The molecule has 2 heteroatoms. The van der Waals surface area contributed by atoms with Crippen LogP contribution >= 0.6 is 11.6 Å². The Balaban J connectivity index is 1.95. The summed E-state index contributed by atoms with van der Waals surface area (Å²) in [5.41, 5.74) is 5.73. The van der Waals surface area contributed by atoms with Gasteiger partial charge in [0, 0.05) is 10.6 Å². The molecule has 0 aliphatic heterocycles. The van der Waals surface area contributed by atoms with Crippen LogP contribution in [0.1, 0.15) is 69.4 Å². The van der Waals surface area contributed by atoms with Gasteiger partial charge in [0.25, 0.3) is 0 Å². The van der Waals surface area contributed by atoms with E-state index in [1.54, 1.807) is 0 Å². The fourth-order valence-electron chi connectivity index (χ4n) is 4.58. The van der Waals surface area contributed by atoms with Gasteiger partial charge >= 0.3 is 0 Å². The first kappa shape index (κ1) is 25.2. The van der Waals surface area contributed by atoms with Gasteiger partial charge < -0.3 is 5.11 Å². The molecular formula is C33H35ClO. The van der Waals surface area contributed by atoms with Gasteiger partial charge in [-0.1, -0.05) is 138 Å². The Morgan fingerprint density at radius 3 is 1.34 bits per heavy atom. The van der Waals surface area contributed by atoms with Crippen LogP contribution in [0.3, 0.4) is 0 Å². The Labute approximate surface area is 215 Å². The van der Waals surface area contributed by atoms with E-state index in [1.807, 2.05) is 42.5 Å². The molecule has 0 bridgehead atoms. The largest absolute Gasteiger partial charge is 0.376 e. The molecule has 0 unspecified atom stereocenters. The highest BCUT2D eigenvalue weighted by Gasteiger charge is 2.36. The minimum Gasteiger partial charge on any atom is -0.376 e. The predicted molar refractivity (Wildman–Crippen MR) is 149 cm³/mol. The van der Waals surface area contributed by atoms with Crippen molar-refractivity contribution in [1.29, 1.82) is 0 Å². The molecule has 0 saturated carbocycles. The molecule has 0 radical (unpaired) electrons. The maximum atomic E-state index is 12.7. The molecule has 4 rings (SSSR count). The Morgan fingerprint density at radius 2 is 0.914 bits per heavy atom. The summed E-state index contributed by atoms with van der Waals surface area (Å²) in [5, 5.41) is 13.4. The third-order valence-electron chi connectivity index (χ3n) is 6.81. The predicted octanol–water partition coefficient (Wildman–Crippen LogP) is 8.89. The van der Waals surface area contributed by atoms with Crippen LogP contribution in [-0.4, -0.2) is 5.11 Å². The topological polar surface area (TPSA) is 20.2 Å². The smallest absolute Gasteiger partial charge is 0.141 e. The van der Waals surface area contributed by atoms with Crippen LogP contribution in [0.25, 0.3) is 11.1 Å². The van der Waals surface area contributed by atoms with E-state index in [1.165, 1.54) is 11.1 Å². The summed E-state index contributed by atoms with van der Waals surface area (Å²) in [7, 11) is 0. The molecule has 0 amide bonds. The Kier molecular flexibility index (Phi) is 6.70. The summed E-state index contributed by atoms with van der Waals surface area (Å²) in [6, 6.07) is 32.7. The van der Waals surface area contributed by atoms with Crippen LogP contribution in [0.5, 0.6) is 0 Å². The molecule has 0 aliphatic carbocycles. The van der Waals surface area contributed by atoms with Gasteiger partial charge in [0.2, 0.25) is 0 Å². The molecule has 4 aromatic carbocycles. The van der Waals surface area contributed by atoms with Crippen molar-refractivity contribution >= 4 is 11.6 Å². The van der Waals surface area contributed by atoms with Gasteiger partial charge in [0.1, 0.15) is 5.60 Å². The molecule has 0 aliphatic rings. The molecule has 0 fully saturated rings. The SMILES string of the molecule is CC(C)(C)c1ccc(C(O)(c2ccc(C(C)(C)C)cc2)c2ccccc2-c2ccc(Cl)cc2)cc1. The average Bonchev–Trinajstić information content (AvgIpc) is 2.83. The second-order valence-corrected chi connectivity index (χ2v) is 11.9. The zero-order valence-corrected chi connectivity index (χ0v) is 22.3. The van der Waals surface area contributed by atoms with Crippen LogP contribution < -0.4 is 0 Å². The van der Waals surface area contributed by atoms with E-state index in [0.717, 1.165) is 27.8 Å². The van der Waals surface area contributed by atoms with Crippen LogP contribution in [0.4, 0.5) is 0 Å². The molecule has 0 saturated heterocycles. The number of hydrogen-bond acceptors (Lipinski definition) is 1. The zero-order chi connectivity index (χ0) is 25.4. The minimum atomic E-state index is -1.33. The Morgan fingerprint density at radius 1 is 0.514 bits per heavy atom. The normalized spacial score (nSPS) is 12.6. The second kappa shape index (κ2) is 9.30. The summed E-state index contributed by atoms with van der Waals surface area (Å²) in [6.45, 7) is 13.2. The Bertz CT molecular complexity index is 1230. The first-order chi connectivity index (χ1) is 16.4. The number of halogens is 1. The summed E-state index contributed by atoms with van der Waals surface area (Å²) in [5.74, 6) is 0. The van der Waals surface area contributed by atoms with E-state index in [9.17, 15) is 5.11 Å². The molecule has 0 spiro atoms. The van der Waals surface area contributed by atoms with E-state index in [4.69, 9.17) is 11.6 Å². The first-order valence-corrected chi connectivity index (χ1v) is 12.6. The minimum absolute atomic E-state index is 0.0339. The van der Waals surface area contributed by atoms with Gasteiger partial charge in [0.05, 0.1) is 0 Å². The van der Waals surface area contributed by atoms with E-state index in [-0.39, 0.29) is 10.8 Å².